The second kappa shape index (κ2) is 7.68. The molecule has 0 heterocycles. The Morgan fingerprint density at radius 1 is 0.938 bits per heavy atom. The van der Waals surface area contributed by atoms with Crippen molar-refractivity contribution in [3.8, 4) is 0 Å². The van der Waals surface area contributed by atoms with E-state index in [1.54, 1.807) is 23.9 Å². The van der Waals surface area contributed by atoms with E-state index in [9.17, 15) is 9.59 Å². The highest BCUT2D eigenvalue weighted by molar-refractivity contribution is 5.87. The van der Waals surface area contributed by atoms with E-state index in [0.717, 1.165) is 12.8 Å². The van der Waals surface area contributed by atoms with Crippen LogP contribution in [0.25, 0.3) is 0 Å². The molecular formula is C12H20N2O2. The fourth-order valence-corrected chi connectivity index (χ4v) is 1.23. The molecule has 0 atom stereocenters. The van der Waals surface area contributed by atoms with Gasteiger partial charge in [0.1, 0.15) is 0 Å². The smallest absolute Gasteiger partial charge is 0.245 e. The molecule has 0 bridgehead atoms. The van der Waals surface area contributed by atoms with E-state index in [1.165, 1.54) is 12.2 Å². The van der Waals surface area contributed by atoms with Crippen LogP contribution in [0.3, 0.4) is 0 Å². The van der Waals surface area contributed by atoms with Crippen LogP contribution >= 0.6 is 0 Å². The molecule has 0 aromatic heterocycles. The van der Waals surface area contributed by atoms with Gasteiger partial charge < -0.3 is 9.80 Å². The number of carbonyl (C=O) groups excluding carboxylic acids is 2. The topological polar surface area (TPSA) is 40.6 Å². The molecule has 0 aromatic rings. The van der Waals surface area contributed by atoms with E-state index < -0.39 is 0 Å². The molecule has 2 amide bonds. The Kier molecular flexibility index (Phi) is 6.92. The number of hydrogen-bond donors (Lipinski definition) is 0. The highest BCUT2D eigenvalue weighted by atomic mass is 16.2. The quantitative estimate of drug-likeness (QED) is 0.479. The summed E-state index contributed by atoms with van der Waals surface area (Å²) in [6, 6.07) is 0. The van der Waals surface area contributed by atoms with E-state index in [4.69, 9.17) is 0 Å². The average Bonchev–Trinajstić information content (AvgIpc) is 2.31. The second-order valence-electron chi connectivity index (χ2n) is 3.63. The van der Waals surface area contributed by atoms with Crippen LogP contribution in [0.1, 0.15) is 12.8 Å². The summed E-state index contributed by atoms with van der Waals surface area (Å²) in [4.78, 5) is 25.5. The highest BCUT2D eigenvalue weighted by Crippen LogP contribution is 1.97. The molecule has 16 heavy (non-hydrogen) atoms. The Hall–Kier alpha value is -1.58. The minimum absolute atomic E-state index is 0.0736. The van der Waals surface area contributed by atoms with Crippen molar-refractivity contribution in [1.82, 2.24) is 9.80 Å². The molecule has 0 rings (SSSR count). The molecule has 0 saturated heterocycles. The lowest BCUT2D eigenvalue weighted by molar-refractivity contribution is -0.126. The Labute approximate surface area is 97.2 Å². The molecule has 0 saturated carbocycles. The summed E-state index contributed by atoms with van der Waals surface area (Å²) in [5, 5.41) is 0. The van der Waals surface area contributed by atoms with Crippen LogP contribution < -0.4 is 0 Å². The van der Waals surface area contributed by atoms with Crippen molar-refractivity contribution in [3.05, 3.63) is 25.3 Å². The van der Waals surface area contributed by atoms with Gasteiger partial charge in [-0.05, 0) is 25.0 Å². The summed E-state index contributed by atoms with van der Waals surface area (Å²) in [7, 11) is 3.48. The van der Waals surface area contributed by atoms with Gasteiger partial charge in [0.15, 0.2) is 0 Å². The van der Waals surface area contributed by atoms with Gasteiger partial charge in [0.05, 0.1) is 0 Å². The Bertz CT molecular complexity index is 246. The van der Waals surface area contributed by atoms with E-state index in [2.05, 4.69) is 13.2 Å². The molecule has 0 aliphatic rings. The average molecular weight is 224 g/mol. The predicted octanol–water partition coefficient (Wildman–Crippen LogP) is 1.06. The zero-order chi connectivity index (χ0) is 12.6. The van der Waals surface area contributed by atoms with E-state index in [-0.39, 0.29) is 11.8 Å². The molecule has 0 aromatic carbocycles. The first-order valence-electron chi connectivity index (χ1n) is 5.28. The molecule has 0 spiro atoms. The number of hydrogen-bond acceptors (Lipinski definition) is 2. The van der Waals surface area contributed by atoms with Crippen molar-refractivity contribution in [1.29, 1.82) is 0 Å². The molecule has 0 aliphatic heterocycles. The Morgan fingerprint density at radius 3 is 1.50 bits per heavy atom. The zero-order valence-corrected chi connectivity index (χ0v) is 10.1. The van der Waals surface area contributed by atoms with Gasteiger partial charge >= 0.3 is 0 Å². The molecule has 0 unspecified atom stereocenters. The minimum Gasteiger partial charge on any atom is -0.342 e. The number of carbonyl (C=O) groups is 2. The van der Waals surface area contributed by atoms with E-state index >= 15 is 0 Å². The fourth-order valence-electron chi connectivity index (χ4n) is 1.23. The first-order chi connectivity index (χ1) is 7.52. The molecular weight excluding hydrogens is 204 g/mol. The summed E-state index contributed by atoms with van der Waals surface area (Å²) in [6.45, 7) is 8.20. The molecule has 90 valence electrons. The van der Waals surface area contributed by atoms with Crippen molar-refractivity contribution >= 4 is 11.8 Å². The Morgan fingerprint density at radius 2 is 1.25 bits per heavy atom. The molecule has 0 radical (unpaired) electrons. The first-order valence-corrected chi connectivity index (χ1v) is 5.28. The summed E-state index contributed by atoms with van der Waals surface area (Å²) in [6.07, 6.45) is 4.33. The summed E-state index contributed by atoms with van der Waals surface area (Å²) >= 11 is 0. The van der Waals surface area contributed by atoms with Crippen LogP contribution in [-0.2, 0) is 9.59 Å². The monoisotopic (exact) mass is 224 g/mol. The lowest BCUT2D eigenvalue weighted by atomic mass is 10.2. The van der Waals surface area contributed by atoms with Crippen LogP contribution in [0.5, 0.6) is 0 Å². The van der Waals surface area contributed by atoms with Gasteiger partial charge in [0.2, 0.25) is 11.8 Å². The lowest BCUT2D eigenvalue weighted by Gasteiger charge is -2.17. The molecule has 4 nitrogen and oxygen atoms in total. The van der Waals surface area contributed by atoms with Gasteiger partial charge in [-0.15, -0.1) is 0 Å². The molecule has 0 aliphatic carbocycles. The zero-order valence-electron chi connectivity index (χ0n) is 10.1. The van der Waals surface area contributed by atoms with Gasteiger partial charge in [0.25, 0.3) is 0 Å². The maximum Gasteiger partial charge on any atom is 0.245 e. The van der Waals surface area contributed by atoms with Crippen molar-refractivity contribution < 1.29 is 9.59 Å². The third-order valence-electron chi connectivity index (χ3n) is 2.34. The number of nitrogens with zero attached hydrogens (tertiary/aromatic N) is 2. The largest absolute Gasteiger partial charge is 0.342 e. The summed E-state index contributed by atoms with van der Waals surface area (Å²) < 4.78 is 0. The number of amides is 2. The fraction of sp³-hybridized carbons (Fsp3) is 0.500. The number of unbranched alkanes of at least 4 members (excludes halogenated alkanes) is 1. The van der Waals surface area contributed by atoms with Gasteiger partial charge in [0, 0.05) is 27.2 Å². The normalized spacial score (nSPS) is 9.38. The standard InChI is InChI=1S/C12H20N2O2/c1-5-11(15)13(3)9-7-8-10-14(4)12(16)6-2/h5-6H,1-2,7-10H2,3-4H3. The van der Waals surface area contributed by atoms with E-state index in [0.29, 0.717) is 13.1 Å². The SMILES string of the molecule is C=CC(=O)N(C)CCCCN(C)C(=O)C=C. The number of rotatable bonds is 7. The highest BCUT2D eigenvalue weighted by Gasteiger charge is 2.05. The van der Waals surface area contributed by atoms with Crippen molar-refractivity contribution in [2.24, 2.45) is 0 Å². The summed E-state index contributed by atoms with van der Waals surface area (Å²) in [5.41, 5.74) is 0. The number of likely N-dealkylation sites (N-methyl/N-ethyl adjacent to an activating group) is 2. The minimum atomic E-state index is -0.0736. The van der Waals surface area contributed by atoms with Crippen molar-refractivity contribution in [3.63, 3.8) is 0 Å². The van der Waals surface area contributed by atoms with Gasteiger partial charge in [-0.3, -0.25) is 9.59 Å². The summed E-state index contributed by atoms with van der Waals surface area (Å²) in [5.74, 6) is -0.147. The van der Waals surface area contributed by atoms with Crippen LogP contribution in [0.15, 0.2) is 25.3 Å². The van der Waals surface area contributed by atoms with Crippen LogP contribution in [0.2, 0.25) is 0 Å². The first kappa shape index (κ1) is 14.4. The second-order valence-corrected chi connectivity index (χ2v) is 3.63. The van der Waals surface area contributed by atoms with Crippen molar-refractivity contribution in [2.75, 3.05) is 27.2 Å². The van der Waals surface area contributed by atoms with Crippen molar-refractivity contribution in [2.45, 2.75) is 12.8 Å². The lowest BCUT2D eigenvalue weighted by Crippen LogP contribution is -2.28. The molecule has 0 N–H and O–H groups in total. The predicted molar refractivity (Wildman–Crippen MR) is 64.9 cm³/mol. The van der Waals surface area contributed by atoms with Gasteiger partial charge in [-0.1, -0.05) is 13.2 Å². The molecule has 0 fully saturated rings. The van der Waals surface area contributed by atoms with Crippen LogP contribution in [0.4, 0.5) is 0 Å². The van der Waals surface area contributed by atoms with Crippen LogP contribution in [0, 0.1) is 0 Å². The van der Waals surface area contributed by atoms with Gasteiger partial charge in [-0.25, -0.2) is 0 Å². The Balaban J connectivity index is 3.68. The maximum atomic E-state index is 11.1. The molecule has 4 heteroatoms. The van der Waals surface area contributed by atoms with E-state index in [1.807, 2.05) is 0 Å². The van der Waals surface area contributed by atoms with Crippen LogP contribution in [-0.4, -0.2) is 48.8 Å². The third-order valence-corrected chi connectivity index (χ3v) is 2.34. The third kappa shape index (κ3) is 5.34. The van der Waals surface area contributed by atoms with Gasteiger partial charge in [-0.2, -0.15) is 0 Å². The maximum absolute atomic E-state index is 11.1.